The predicted molar refractivity (Wildman–Crippen MR) is 160 cm³/mol. The third kappa shape index (κ3) is 5.62. The summed E-state index contributed by atoms with van der Waals surface area (Å²) in [7, 11) is 3.82. The minimum absolute atomic E-state index is 0.190. The topological polar surface area (TPSA) is 193 Å². The number of hydrogen-bond acceptors (Lipinski definition) is 13. The fourth-order valence-corrected chi connectivity index (χ4v) is 8.33. The molecule has 48 heavy (non-hydrogen) atoms. The van der Waals surface area contributed by atoms with Crippen molar-refractivity contribution in [1.82, 2.24) is 28.2 Å². The summed E-state index contributed by atoms with van der Waals surface area (Å²) >= 11 is 5.14. The Balaban J connectivity index is 1.18. The van der Waals surface area contributed by atoms with Gasteiger partial charge in [-0.3, -0.25) is 23.2 Å². The largest absolute Gasteiger partial charge is 0.386 e. The summed E-state index contributed by atoms with van der Waals surface area (Å²) in [6.07, 6.45) is -9.68. The molecule has 7 heterocycles. The molecule has 0 amide bonds. The van der Waals surface area contributed by atoms with Crippen LogP contribution in [0.1, 0.15) is 12.5 Å². The molecule has 3 fully saturated rings. The summed E-state index contributed by atoms with van der Waals surface area (Å²) in [5, 5.41) is 10.4. The average molecular weight is 734 g/mol. The van der Waals surface area contributed by atoms with Crippen molar-refractivity contribution in [3.8, 4) is 0 Å². The molecule has 4 aromatic rings. The number of fused-ring (bicyclic) bond motifs is 4. The number of nitrogens with zero attached hydrogens (tertiary/aromatic N) is 6. The maximum atomic E-state index is 16.1. The standard InChI is InChI=1S/C24H24BF3N6O11P2S/c1-31-7-29-19-13(21(31)36)9(26)3-33(19)23-15(28)17-11(42-23)6-41-47(39,48)45-18-12(5-40-46(25,38)44-17)43-24(16(18)35)34-4-10(27)14-20(34)30-8-32(2)22(14)37/h3-4,7-8,11-12,15-18,23-24,35H,5-6H2,1-2H3,(H,39,48)/t11-,12-,15+,16?,17?,18+,23-,24-,46?,47?/m1/s1. The molecule has 3 saturated heterocycles. The van der Waals surface area contributed by atoms with E-state index in [0.717, 1.165) is 43.3 Å². The van der Waals surface area contributed by atoms with Gasteiger partial charge < -0.3 is 46.7 Å². The van der Waals surface area contributed by atoms with Crippen molar-refractivity contribution in [2.45, 2.75) is 49.1 Å². The van der Waals surface area contributed by atoms with E-state index in [1.165, 1.54) is 14.1 Å². The van der Waals surface area contributed by atoms with Crippen LogP contribution in [0.4, 0.5) is 13.2 Å². The second kappa shape index (κ2) is 11.9. The van der Waals surface area contributed by atoms with Gasteiger partial charge in [0.05, 0.1) is 25.9 Å². The van der Waals surface area contributed by atoms with Crippen LogP contribution in [0.25, 0.3) is 22.1 Å². The number of aliphatic hydroxyl groups excluding tert-OH is 1. The number of rotatable bonds is 2. The monoisotopic (exact) mass is 734 g/mol. The summed E-state index contributed by atoms with van der Waals surface area (Å²) < 4.78 is 96.3. The summed E-state index contributed by atoms with van der Waals surface area (Å²) in [5.41, 5.74) is -1.91. The van der Waals surface area contributed by atoms with E-state index in [9.17, 15) is 32.9 Å². The highest BCUT2D eigenvalue weighted by Crippen LogP contribution is 2.54. The molecule has 17 nitrogen and oxygen atoms in total. The fourth-order valence-electron chi connectivity index (χ4n) is 5.87. The smallest absolute Gasteiger partial charge is 0.325 e. The third-order valence-corrected chi connectivity index (χ3v) is 10.8. The molecular formula is C24H24BF3N6O11P2S. The van der Waals surface area contributed by atoms with Gasteiger partial charge >= 0.3 is 6.72 Å². The first-order chi connectivity index (χ1) is 22.6. The number of aliphatic hydroxyl groups is 1. The van der Waals surface area contributed by atoms with Crippen molar-refractivity contribution in [2.24, 2.45) is 14.1 Å². The average Bonchev–Trinajstić information content (AvgIpc) is 3.72. The van der Waals surface area contributed by atoms with Crippen LogP contribution in [0.3, 0.4) is 0 Å². The molecule has 2 N–H and O–H groups in total. The molecular weight excluding hydrogens is 710 g/mol. The van der Waals surface area contributed by atoms with Gasteiger partial charge in [-0.1, -0.05) is 0 Å². The number of aromatic nitrogens is 6. The van der Waals surface area contributed by atoms with Gasteiger partial charge in [0.15, 0.2) is 41.6 Å². The maximum Gasteiger partial charge on any atom is 0.325 e. The van der Waals surface area contributed by atoms with Gasteiger partial charge in [-0.05, 0) is 11.8 Å². The molecule has 0 saturated carbocycles. The van der Waals surface area contributed by atoms with E-state index in [2.05, 4.69) is 9.97 Å². The van der Waals surface area contributed by atoms with Crippen molar-refractivity contribution in [2.75, 3.05) is 13.2 Å². The van der Waals surface area contributed by atoms with E-state index in [4.69, 9.17) is 46.9 Å². The number of halogens is 3. The van der Waals surface area contributed by atoms with E-state index < -0.39 is 110 Å². The van der Waals surface area contributed by atoms with E-state index in [-0.39, 0.29) is 11.3 Å². The van der Waals surface area contributed by atoms with Gasteiger partial charge in [0.1, 0.15) is 41.3 Å². The quantitative estimate of drug-likeness (QED) is 0.215. The molecule has 10 atom stereocenters. The lowest BCUT2D eigenvalue weighted by Gasteiger charge is -2.30. The molecule has 7 rings (SSSR count). The normalized spacial score (nSPS) is 36.1. The molecule has 0 bridgehead atoms. The van der Waals surface area contributed by atoms with Crippen molar-refractivity contribution >= 4 is 55.6 Å². The Morgan fingerprint density at radius 1 is 0.896 bits per heavy atom. The number of aryl methyl sites for hydroxylation is 2. The van der Waals surface area contributed by atoms with Crippen molar-refractivity contribution < 1.29 is 55.3 Å². The number of alkyl halides is 1. The van der Waals surface area contributed by atoms with Gasteiger partial charge in [-0.25, -0.2) is 23.1 Å². The van der Waals surface area contributed by atoms with Gasteiger partial charge in [-0.15, -0.1) is 0 Å². The zero-order valence-electron chi connectivity index (χ0n) is 24.6. The van der Waals surface area contributed by atoms with Crippen LogP contribution in [0.15, 0.2) is 34.6 Å². The minimum Gasteiger partial charge on any atom is -0.386 e. The van der Waals surface area contributed by atoms with E-state index in [1.54, 1.807) is 0 Å². The highest BCUT2D eigenvalue weighted by atomic mass is 32.5. The Bertz CT molecular complexity index is 2020. The van der Waals surface area contributed by atoms with Gasteiger partial charge in [-0.2, -0.15) is 0 Å². The van der Waals surface area contributed by atoms with Crippen LogP contribution in [-0.4, -0.2) is 95.7 Å². The van der Waals surface area contributed by atoms with Crippen molar-refractivity contribution in [1.29, 1.82) is 0 Å². The SMILES string of the molecule is [B]P1(=O)OC[C@H]2O[C@@H](n3cc(F)c4c(=O)n(C)cnc43)C(O)[C@H]2OP(O)(=S)OC[C@H]2O[C@@H](n3cc(F)c4c(=O)n(C)cnc43)[C@@H](F)C2O1. The minimum atomic E-state index is -4.71. The van der Waals surface area contributed by atoms with Crippen LogP contribution in [0.5, 0.6) is 0 Å². The molecule has 0 aliphatic carbocycles. The highest BCUT2D eigenvalue weighted by molar-refractivity contribution is 8.07. The van der Waals surface area contributed by atoms with Crippen molar-refractivity contribution in [3.05, 3.63) is 57.4 Å². The van der Waals surface area contributed by atoms with Crippen LogP contribution >= 0.6 is 14.2 Å². The number of hydrogen-bond donors (Lipinski definition) is 2. The van der Waals surface area contributed by atoms with Crippen LogP contribution in [0.2, 0.25) is 0 Å². The molecule has 2 radical (unpaired) electrons. The van der Waals surface area contributed by atoms with Crippen LogP contribution < -0.4 is 11.1 Å². The predicted octanol–water partition coefficient (Wildman–Crippen LogP) is 0.566. The lowest BCUT2D eigenvalue weighted by Crippen LogP contribution is -2.38. The Labute approximate surface area is 272 Å². The molecule has 3 aliphatic rings. The Hall–Kier alpha value is -2.75. The van der Waals surface area contributed by atoms with Crippen molar-refractivity contribution in [3.63, 3.8) is 0 Å². The van der Waals surface area contributed by atoms with E-state index in [0.29, 0.717) is 0 Å². The van der Waals surface area contributed by atoms with Gasteiger partial charge in [0.25, 0.3) is 18.6 Å². The first-order valence-electron chi connectivity index (χ1n) is 14.0. The summed E-state index contributed by atoms with van der Waals surface area (Å²) in [4.78, 5) is 44.1. The fraction of sp³-hybridized carbons (Fsp3) is 0.500. The third-order valence-electron chi connectivity index (χ3n) is 8.16. The van der Waals surface area contributed by atoms with Gasteiger partial charge in [0.2, 0.25) is 7.57 Å². The second-order valence-electron chi connectivity index (χ2n) is 11.3. The van der Waals surface area contributed by atoms with Crippen LogP contribution in [-0.2, 0) is 58.0 Å². The summed E-state index contributed by atoms with van der Waals surface area (Å²) in [6, 6.07) is 0. The summed E-state index contributed by atoms with van der Waals surface area (Å²) in [6.45, 7) is -5.88. The molecule has 3 aliphatic heterocycles. The maximum absolute atomic E-state index is 16.1. The zero-order valence-corrected chi connectivity index (χ0v) is 27.2. The first-order valence-corrected chi connectivity index (χ1v) is 18.2. The lowest BCUT2D eigenvalue weighted by atomic mass is 10.1. The zero-order chi connectivity index (χ0) is 34.4. The Kier molecular flexibility index (Phi) is 8.40. The molecule has 0 aromatic carbocycles. The Morgan fingerprint density at radius 2 is 1.40 bits per heavy atom. The molecule has 4 unspecified atom stereocenters. The second-order valence-corrected chi connectivity index (χ2v) is 15.6. The first kappa shape index (κ1) is 33.7. The lowest BCUT2D eigenvalue weighted by molar-refractivity contribution is -0.0571. The van der Waals surface area contributed by atoms with Gasteiger partial charge in [0, 0.05) is 26.5 Å². The molecule has 256 valence electrons. The van der Waals surface area contributed by atoms with E-state index >= 15 is 4.39 Å². The van der Waals surface area contributed by atoms with E-state index in [1.807, 2.05) is 0 Å². The molecule has 24 heteroatoms. The van der Waals surface area contributed by atoms with Crippen LogP contribution in [0, 0.1) is 11.6 Å². The summed E-state index contributed by atoms with van der Waals surface area (Å²) in [5.74, 6) is -1.98. The molecule has 4 aromatic heterocycles. The highest BCUT2D eigenvalue weighted by Gasteiger charge is 2.53. The number of ether oxygens (including phenoxy) is 2. The Morgan fingerprint density at radius 3 is 1.98 bits per heavy atom. The molecule has 0 spiro atoms.